The Morgan fingerprint density at radius 3 is 1.38 bits per heavy atom. The molecule has 0 aliphatic carbocycles. The molecule has 9 aromatic rings. The van der Waals surface area contributed by atoms with E-state index in [1.54, 1.807) is 0 Å². The number of fused-ring (bicyclic) bond motifs is 5. The molecular formula is C49H35N3Si. The normalized spacial score (nSPS) is 12.9. The molecule has 1 aromatic heterocycles. The van der Waals surface area contributed by atoms with E-state index in [2.05, 4.69) is 183 Å². The summed E-state index contributed by atoms with van der Waals surface area (Å²) >= 11 is 0. The van der Waals surface area contributed by atoms with Gasteiger partial charge in [-0.15, -0.1) is 0 Å². The summed E-state index contributed by atoms with van der Waals surface area (Å²) in [6.45, 7) is 4.93. The Hall–Kier alpha value is -6.49. The highest BCUT2D eigenvalue weighted by molar-refractivity contribution is 7.04. The molecule has 0 fully saturated rings. The van der Waals surface area contributed by atoms with Crippen LogP contribution in [0, 0.1) is 0 Å². The van der Waals surface area contributed by atoms with Gasteiger partial charge in [-0.05, 0) is 77.4 Å². The van der Waals surface area contributed by atoms with Crippen molar-refractivity contribution in [3.8, 4) is 67.5 Å². The van der Waals surface area contributed by atoms with E-state index in [1.165, 1.54) is 54.2 Å². The maximum Gasteiger partial charge on any atom is 0.164 e. The molecule has 0 amide bonds. The summed E-state index contributed by atoms with van der Waals surface area (Å²) in [7, 11) is -1.98. The van der Waals surface area contributed by atoms with Gasteiger partial charge in [0.25, 0.3) is 0 Å². The van der Waals surface area contributed by atoms with Crippen LogP contribution in [0.3, 0.4) is 0 Å². The molecule has 0 N–H and O–H groups in total. The first kappa shape index (κ1) is 31.3. The third-order valence-corrected chi connectivity index (χ3v) is 14.4. The SMILES string of the molecule is C[Si]1(C)c2cc(-c3nc(-c4ccc(-c5ccccc5)cc4)nc(-c4ccc(-c5ccc6ccccc6c5)cc4)n3)ccc2-c2cc3ccccc3cc21. The van der Waals surface area contributed by atoms with E-state index in [0.29, 0.717) is 17.5 Å². The minimum Gasteiger partial charge on any atom is -0.208 e. The lowest BCUT2D eigenvalue weighted by Crippen LogP contribution is -2.49. The average molecular weight is 694 g/mol. The first-order valence-corrected chi connectivity index (χ1v) is 21.2. The molecule has 3 nitrogen and oxygen atoms in total. The van der Waals surface area contributed by atoms with Crippen molar-refractivity contribution in [3.63, 3.8) is 0 Å². The molecule has 2 heterocycles. The minimum absolute atomic E-state index is 0.661. The number of hydrogen-bond acceptors (Lipinski definition) is 3. The molecule has 0 bridgehead atoms. The zero-order chi connectivity index (χ0) is 35.5. The fourth-order valence-electron chi connectivity index (χ4n) is 7.95. The van der Waals surface area contributed by atoms with E-state index in [9.17, 15) is 0 Å². The van der Waals surface area contributed by atoms with E-state index in [-0.39, 0.29) is 0 Å². The Kier molecular flexibility index (Phi) is 7.27. The first-order chi connectivity index (χ1) is 26.0. The van der Waals surface area contributed by atoms with Gasteiger partial charge >= 0.3 is 0 Å². The van der Waals surface area contributed by atoms with Crippen molar-refractivity contribution in [1.29, 1.82) is 0 Å². The van der Waals surface area contributed by atoms with Gasteiger partial charge in [-0.25, -0.2) is 15.0 Å². The third kappa shape index (κ3) is 5.47. The molecule has 0 saturated heterocycles. The molecule has 1 aliphatic rings. The summed E-state index contributed by atoms with van der Waals surface area (Å²) in [5.74, 6) is 2.01. The fraction of sp³-hybridized carbons (Fsp3) is 0.0408. The standard InChI is InChI=1S/C49H35N3Si/c1-53(2)45-31-42(26-27-43(45)44-29-39-14-8-9-15-40(39)30-46(44)53)49-51-47(36-21-16-34(17-22-36)32-10-4-3-5-11-32)50-48(52-49)37-23-18-35(19-24-37)41-25-20-33-12-6-7-13-38(33)28-41/h3-31H,1-2H3. The third-order valence-electron chi connectivity index (χ3n) is 10.9. The van der Waals surface area contributed by atoms with Crippen LogP contribution in [0.2, 0.25) is 13.1 Å². The van der Waals surface area contributed by atoms with Crippen LogP contribution in [-0.2, 0) is 0 Å². The van der Waals surface area contributed by atoms with E-state index < -0.39 is 8.07 Å². The number of nitrogens with zero attached hydrogens (tertiary/aromatic N) is 3. The molecule has 1 aliphatic heterocycles. The van der Waals surface area contributed by atoms with Gasteiger partial charge in [0.15, 0.2) is 17.5 Å². The Bertz CT molecular complexity index is 2840. The van der Waals surface area contributed by atoms with Crippen molar-refractivity contribution in [2.75, 3.05) is 0 Å². The fourth-order valence-corrected chi connectivity index (χ4v) is 11.0. The number of aromatic nitrogens is 3. The molecule has 0 spiro atoms. The molecule has 0 saturated carbocycles. The van der Waals surface area contributed by atoms with E-state index >= 15 is 0 Å². The highest BCUT2D eigenvalue weighted by atomic mass is 28.3. The zero-order valence-electron chi connectivity index (χ0n) is 29.6. The van der Waals surface area contributed by atoms with Crippen molar-refractivity contribution in [2.45, 2.75) is 13.1 Å². The van der Waals surface area contributed by atoms with Crippen molar-refractivity contribution in [1.82, 2.24) is 15.0 Å². The maximum absolute atomic E-state index is 5.17. The Morgan fingerprint density at radius 1 is 0.302 bits per heavy atom. The van der Waals surface area contributed by atoms with Gasteiger partial charge in [-0.3, -0.25) is 0 Å². The molecule has 0 unspecified atom stereocenters. The second-order valence-electron chi connectivity index (χ2n) is 14.5. The predicted molar refractivity (Wildman–Crippen MR) is 224 cm³/mol. The van der Waals surface area contributed by atoms with Crippen LogP contribution >= 0.6 is 0 Å². The molecule has 0 radical (unpaired) electrons. The monoisotopic (exact) mass is 693 g/mol. The largest absolute Gasteiger partial charge is 0.208 e. The van der Waals surface area contributed by atoms with Crippen molar-refractivity contribution in [2.24, 2.45) is 0 Å². The van der Waals surface area contributed by atoms with Crippen molar-refractivity contribution < 1.29 is 0 Å². The molecule has 4 heteroatoms. The van der Waals surface area contributed by atoms with Crippen LogP contribution in [0.5, 0.6) is 0 Å². The van der Waals surface area contributed by atoms with Crippen LogP contribution in [0.4, 0.5) is 0 Å². The summed E-state index contributed by atoms with van der Waals surface area (Å²) in [6, 6.07) is 63.0. The van der Waals surface area contributed by atoms with Gasteiger partial charge in [0.2, 0.25) is 0 Å². The number of hydrogen-bond donors (Lipinski definition) is 0. The average Bonchev–Trinajstić information content (AvgIpc) is 3.44. The van der Waals surface area contributed by atoms with Crippen molar-refractivity contribution in [3.05, 3.63) is 176 Å². The van der Waals surface area contributed by atoms with Gasteiger partial charge < -0.3 is 0 Å². The van der Waals surface area contributed by atoms with Crippen LogP contribution < -0.4 is 10.4 Å². The van der Waals surface area contributed by atoms with E-state index in [4.69, 9.17) is 15.0 Å². The number of rotatable bonds is 5. The van der Waals surface area contributed by atoms with Crippen LogP contribution in [0.25, 0.3) is 89.1 Å². The predicted octanol–water partition coefficient (Wildman–Crippen LogP) is 11.3. The highest BCUT2D eigenvalue weighted by Gasteiger charge is 2.38. The Balaban J connectivity index is 1.08. The van der Waals surface area contributed by atoms with E-state index in [0.717, 1.165) is 27.8 Å². The lowest BCUT2D eigenvalue weighted by molar-refractivity contribution is 1.07. The maximum atomic E-state index is 5.17. The minimum atomic E-state index is -1.98. The van der Waals surface area contributed by atoms with Gasteiger partial charge in [0, 0.05) is 16.7 Å². The lowest BCUT2D eigenvalue weighted by atomic mass is 10.00. The van der Waals surface area contributed by atoms with Crippen molar-refractivity contribution >= 4 is 40.0 Å². The molecular weight excluding hydrogens is 659 g/mol. The smallest absolute Gasteiger partial charge is 0.164 e. The van der Waals surface area contributed by atoms with Gasteiger partial charge in [0.05, 0.1) is 0 Å². The molecule has 8 aromatic carbocycles. The van der Waals surface area contributed by atoms with Crippen LogP contribution in [0.15, 0.2) is 176 Å². The Labute approximate surface area is 310 Å². The van der Waals surface area contributed by atoms with Crippen LogP contribution in [0.1, 0.15) is 0 Å². The lowest BCUT2D eigenvalue weighted by Gasteiger charge is -2.19. The number of benzene rings is 8. The summed E-state index contributed by atoms with van der Waals surface area (Å²) in [6.07, 6.45) is 0. The van der Waals surface area contributed by atoms with Gasteiger partial charge in [-0.1, -0.05) is 177 Å². The quantitative estimate of drug-likeness (QED) is 0.168. The first-order valence-electron chi connectivity index (χ1n) is 18.2. The highest BCUT2D eigenvalue weighted by Crippen LogP contribution is 2.35. The molecule has 0 atom stereocenters. The summed E-state index contributed by atoms with van der Waals surface area (Å²) < 4.78 is 0. The van der Waals surface area contributed by atoms with Gasteiger partial charge in [-0.2, -0.15) is 0 Å². The van der Waals surface area contributed by atoms with Gasteiger partial charge in [0.1, 0.15) is 8.07 Å². The Morgan fingerprint density at radius 2 is 0.736 bits per heavy atom. The summed E-state index contributed by atoms with van der Waals surface area (Å²) in [5.41, 5.74) is 10.3. The summed E-state index contributed by atoms with van der Waals surface area (Å²) in [4.78, 5) is 15.4. The second-order valence-corrected chi connectivity index (χ2v) is 18.8. The molecule has 250 valence electrons. The molecule has 10 rings (SSSR count). The zero-order valence-corrected chi connectivity index (χ0v) is 30.6. The topological polar surface area (TPSA) is 38.7 Å². The summed E-state index contributed by atoms with van der Waals surface area (Å²) in [5, 5.41) is 7.98. The van der Waals surface area contributed by atoms with E-state index in [1.807, 2.05) is 6.07 Å². The second kappa shape index (κ2) is 12.3. The van der Waals surface area contributed by atoms with Crippen LogP contribution in [-0.4, -0.2) is 23.0 Å². The molecule has 53 heavy (non-hydrogen) atoms.